The van der Waals surface area contributed by atoms with Gasteiger partial charge >= 0.3 is 0 Å². The average Bonchev–Trinajstić information content (AvgIpc) is 2.81. The van der Waals surface area contributed by atoms with Crippen molar-refractivity contribution in [2.24, 2.45) is 28.6 Å². The van der Waals surface area contributed by atoms with E-state index in [1.807, 2.05) is 6.92 Å². The van der Waals surface area contributed by atoms with Crippen molar-refractivity contribution in [3.8, 4) is 0 Å². The Morgan fingerprint density at radius 2 is 1.91 bits per heavy atom. The van der Waals surface area contributed by atoms with E-state index in [0.717, 1.165) is 24.8 Å². The van der Waals surface area contributed by atoms with Crippen molar-refractivity contribution in [3.63, 3.8) is 0 Å². The van der Waals surface area contributed by atoms with Gasteiger partial charge in [-0.1, -0.05) is 13.0 Å². The summed E-state index contributed by atoms with van der Waals surface area (Å²) in [6, 6.07) is 0. The zero-order chi connectivity index (χ0) is 16.6. The number of rotatable bonds is 0. The van der Waals surface area contributed by atoms with E-state index in [1.54, 1.807) is 6.08 Å². The summed E-state index contributed by atoms with van der Waals surface area (Å²) in [5, 5.41) is 30.5. The van der Waals surface area contributed by atoms with Gasteiger partial charge in [0.1, 0.15) is 11.9 Å². The maximum Gasteiger partial charge on any atom is 0.196 e. The maximum absolute atomic E-state index is 14.1. The van der Waals surface area contributed by atoms with Gasteiger partial charge in [0.15, 0.2) is 11.5 Å². The number of alkyl halides is 1. The molecule has 0 aromatic carbocycles. The lowest BCUT2D eigenvalue weighted by Gasteiger charge is -2.55. The second-order valence-electron chi connectivity index (χ2n) is 8.43. The molecule has 3 N–H and O–H groups in total. The molecule has 0 radical (unpaired) electrons. The van der Waals surface area contributed by atoms with Crippen LogP contribution >= 0.6 is 0 Å². The third kappa shape index (κ3) is 1.81. The Morgan fingerprint density at radius 1 is 1.17 bits per heavy atom. The summed E-state index contributed by atoms with van der Waals surface area (Å²) < 4.78 is 14.1. The molecular weight excluding hydrogens is 295 g/mol. The van der Waals surface area contributed by atoms with Gasteiger partial charge in [0.25, 0.3) is 0 Å². The molecule has 23 heavy (non-hydrogen) atoms. The van der Waals surface area contributed by atoms with Crippen molar-refractivity contribution in [1.29, 1.82) is 0 Å². The van der Waals surface area contributed by atoms with Crippen molar-refractivity contribution in [1.82, 2.24) is 0 Å². The first-order chi connectivity index (χ1) is 10.8. The Balaban J connectivity index is 1.79. The average molecular weight is 320 g/mol. The van der Waals surface area contributed by atoms with E-state index in [4.69, 9.17) is 0 Å². The monoisotopic (exact) mass is 320 g/mol. The minimum absolute atomic E-state index is 0.0658. The van der Waals surface area contributed by atoms with Crippen molar-refractivity contribution < 1.29 is 19.7 Å². The standard InChI is InChI=1S/C19H25FO3/c1-18-6-5-13-12(14(18)8-11(20)9-18)4-3-10-7-15(21)16(22)17(23)19(10,13)2/h3,7,11-14,21-23H,4-6,8-9H2,1-2H3/t11-,12-,13+,14+,18-,19+/m1/s1. The van der Waals surface area contributed by atoms with E-state index in [9.17, 15) is 19.7 Å². The Bertz CT molecular complexity index is 649. The third-order valence-corrected chi connectivity index (χ3v) is 7.36. The molecule has 0 bridgehead atoms. The summed E-state index contributed by atoms with van der Waals surface area (Å²) in [7, 11) is 0. The summed E-state index contributed by atoms with van der Waals surface area (Å²) in [5.41, 5.74) is 0.274. The molecule has 0 spiro atoms. The van der Waals surface area contributed by atoms with E-state index >= 15 is 0 Å². The summed E-state index contributed by atoms with van der Waals surface area (Å²) >= 11 is 0. The van der Waals surface area contributed by atoms with E-state index in [-0.39, 0.29) is 22.9 Å². The van der Waals surface area contributed by atoms with Crippen LogP contribution in [0.25, 0.3) is 0 Å². The zero-order valence-electron chi connectivity index (χ0n) is 13.7. The minimum atomic E-state index is -0.713. The molecular formula is C19H25FO3. The number of hydrogen-bond donors (Lipinski definition) is 3. The number of fused-ring (bicyclic) bond motifs is 5. The first-order valence-corrected chi connectivity index (χ1v) is 8.66. The predicted octanol–water partition coefficient (Wildman–Crippen LogP) is 4.89. The highest BCUT2D eigenvalue weighted by Crippen LogP contribution is 2.65. The Labute approximate surface area is 136 Å². The van der Waals surface area contributed by atoms with Crippen molar-refractivity contribution in [2.45, 2.75) is 52.1 Å². The molecule has 2 saturated carbocycles. The predicted molar refractivity (Wildman–Crippen MR) is 85.7 cm³/mol. The second-order valence-corrected chi connectivity index (χ2v) is 8.43. The molecule has 4 heteroatoms. The van der Waals surface area contributed by atoms with Crippen LogP contribution in [0, 0.1) is 28.6 Å². The number of halogens is 1. The second kappa shape index (κ2) is 4.55. The summed E-state index contributed by atoms with van der Waals surface area (Å²) in [6.45, 7) is 4.17. The maximum atomic E-state index is 14.1. The van der Waals surface area contributed by atoms with Crippen LogP contribution in [-0.4, -0.2) is 21.5 Å². The Hall–Kier alpha value is -1.45. The molecule has 4 aliphatic carbocycles. The van der Waals surface area contributed by atoms with Crippen LogP contribution in [-0.2, 0) is 0 Å². The molecule has 126 valence electrons. The van der Waals surface area contributed by atoms with Crippen molar-refractivity contribution >= 4 is 0 Å². The van der Waals surface area contributed by atoms with Gasteiger partial charge in [0, 0.05) is 0 Å². The van der Waals surface area contributed by atoms with Crippen LogP contribution in [0.3, 0.4) is 0 Å². The van der Waals surface area contributed by atoms with Gasteiger partial charge in [0.05, 0.1) is 5.41 Å². The van der Waals surface area contributed by atoms with Crippen LogP contribution in [0.4, 0.5) is 4.39 Å². The van der Waals surface area contributed by atoms with Crippen molar-refractivity contribution in [3.05, 3.63) is 35.0 Å². The van der Waals surface area contributed by atoms with E-state index < -0.39 is 17.3 Å². The molecule has 0 unspecified atom stereocenters. The molecule has 0 heterocycles. The third-order valence-electron chi connectivity index (χ3n) is 7.36. The molecule has 0 amide bonds. The molecule has 0 aromatic heterocycles. The lowest BCUT2D eigenvalue weighted by atomic mass is 9.49. The molecule has 6 atom stereocenters. The number of aliphatic hydroxyl groups excluding tert-OH is 3. The van der Waals surface area contributed by atoms with Crippen LogP contribution in [0.5, 0.6) is 0 Å². The van der Waals surface area contributed by atoms with E-state index in [2.05, 4.69) is 13.0 Å². The minimum Gasteiger partial charge on any atom is -0.507 e. The van der Waals surface area contributed by atoms with Gasteiger partial charge < -0.3 is 15.3 Å². The number of allylic oxidation sites excluding steroid dienone is 3. The van der Waals surface area contributed by atoms with E-state index in [1.165, 1.54) is 0 Å². The highest BCUT2D eigenvalue weighted by atomic mass is 19.1. The lowest BCUT2D eigenvalue weighted by Crippen LogP contribution is -2.48. The van der Waals surface area contributed by atoms with Gasteiger partial charge in [0.2, 0.25) is 0 Å². The molecule has 4 aliphatic rings. The molecule has 0 saturated heterocycles. The van der Waals surface area contributed by atoms with Gasteiger partial charge in [-0.25, -0.2) is 4.39 Å². The first kappa shape index (κ1) is 15.1. The van der Waals surface area contributed by atoms with Crippen LogP contribution in [0.1, 0.15) is 46.0 Å². The SMILES string of the molecule is C[C@]12CC[C@H]3[C@@H](CC=C4C=C(O)C(O)=C(O)[C@@]43C)[C@@H]1C[C@@H](F)C2. The fraction of sp³-hybridized carbons (Fsp3) is 0.684. The fourth-order valence-corrected chi connectivity index (χ4v) is 6.10. The van der Waals surface area contributed by atoms with E-state index in [0.29, 0.717) is 24.7 Å². The van der Waals surface area contributed by atoms with Gasteiger partial charge in [-0.15, -0.1) is 0 Å². The van der Waals surface area contributed by atoms with Crippen LogP contribution < -0.4 is 0 Å². The normalized spacial score (nSPS) is 49.0. The largest absolute Gasteiger partial charge is 0.507 e. The fourth-order valence-electron chi connectivity index (χ4n) is 6.10. The number of hydrogen-bond acceptors (Lipinski definition) is 3. The first-order valence-electron chi connectivity index (χ1n) is 8.66. The van der Waals surface area contributed by atoms with Crippen molar-refractivity contribution in [2.75, 3.05) is 0 Å². The smallest absolute Gasteiger partial charge is 0.196 e. The quantitative estimate of drug-likeness (QED) is 0.596. The molecule has 3 nitrogen and oxygen atoms in total. The zero-order valence-corrected chi connectivity index (χ0v) is 13.7. The highest BCUT2D eigenvalue weighted by Gasteiger charge is 2.59. The van der Waals surface area contributed by atoms with Gasteiger partial charge in [-0.05, 0) is 73.8 Å². The Morgan fingerprint density at radius 3 is 2.65 bits per heavy atom. The van der Waals surface area contributed by atoms with Gasteiger partial charge in [-0.3, -0.25) is 0 Å². The summed E-state index contributed by atoms with van der Waals surface area (Å²) in [4.78, 5) is 0. The highest BCUT2D eigenvalue weighted by molar-refractivity contribution is 5.47. The topological polar surface area (TPSA) is 60.7 Å². The Kier molecular flexibility index (Phi) is 2.99. The molecule has 4 rings (SSSR count). The lowest BCUT2D eigenvalue weighted by molar-refractivity contribution is -0.0182. The van der Waals surface area contributed by atoms with Crippen LogP contribution in [0.15, 0.2) is 35.0 Å². The summed E-state index contributed by atoms with van der Waals surface area (Å²) in [6.07, 6.45) is 6.95. The molecule has 2 fully saturated rings. The molecule has 0 aromatic rings. The van der Waals surface area contributed by atoms with Crippen LogP contribution in [0.2, 0.25) is 0 Å². The molecule has 0 aliphatic heterocycles. The summed E-state index contributed by atoms with van der Waals surface area (Å²) in [5.74, 6) is 0.0322. The van der Waals surface area contributed by atoms with Gasteiger partial charge in [-0.2, -0.15) is 0 Å². The number of aliphatic hydroxyl groups is 3.